The third-order valence-corrected chi connectivity index (χ3v) is 5.68. The topological polar surface area (TPSA) is 46.2 Å². The van der Waals surface area contributed by atoms with E-state index in [4.69, 9.17) is 0 Å². The van der Waals surface area contributed by atoms with E-state index in [1.807, 2.05) is 37.4 Å². The SMILES string of the molecule is CCSCC(CSC(C)C)C(=O)c1ccc(C(=O)NC(C)C)cc1. The van der Waals surface area contributed by atoms with Gasteiger partial charge in [0.05, 0.1) is 0 Å². The van der Waals surface area contributed by atoms with E-state index in [0.29, 0.717) is 16.4 Å². The molecule has 3 nitrogen and oxygen atoms in total. The molecule has 0 fully saturated rings. The first-order valence-corrected chi connectivity index (χ1v) is 10.7. The van der Waals surface area contributed by atoms with Crippen LogP contribution >= 0.6 is 23.5 Å². The molecule has 134 valence electrons. The zero-order valence-corrected chi connectivity index (χ0v) is 16.9. The summed E-state index contributed by atoms with van der Waals surface area (Å²) in [6.07, 6.45) is 0. The van der Waals surface area contributed by atoms with Crippen molar-refractivity contribution >= 4 is 35.2 Å². The lowest BCUT2D eigenvalue weighted by Gasteiger charge is -2.16. The molecule has 0 aliphatic rings. The van der Waals surface area contributed by atoms with Gasteiger partial charge in [-0.25, -0.2) is 0 Å². The van der Waals surface area contributed by atoms with Gasteiger partial charge in [0.15, 0.2) is 5.78 Å². The minimum Gasteiger partial charge on any atom is -0.350 e. The Morgan fingerprint density at radius 1 is 1.00 bits per heavy atom. The van der Waals surface area contributed by atoms with Crippen LogP contribution in [0.5, 0.6) is 0 Å². The number of carbonyl (C=O) groups is 2. The molecule has 1 aromatic carbocycles. The van der Waals surface area contributed by atoms with E-state index in [9.17, 15) is 9.59 Å². The highest BCUT2D eigenvalue weighted by atomic mass is 32.2. The molecule has 0 saturated heterocycles. The van der Waals surface area contributed by atoms with E-state index < -0.39 is 0 Å². The Morgan fingerprint density at radius 3 is 2.08 bits per heavy atom. The molecule has 0 bridgehead atoms. The van der Waals surface area contributed by atoms with Crippen LogP contribution in [0.15, 0.2) is 24.3 Å². The molecule has 24 heavy (non-hydrogen) atoms. The quantitative estimate of drug-likeness (QED) is 0.618. The number of thioether (sulfide) groups is 2. The molecule has 0 aliphatic heterocycles. The van der Waals surface area contributed by atoms with Gasteiger partial charge in [-0.05, 0) is 37.0 Å². The highest BCUT2D eigenvalue weighted by Gasteiger charge is 2.21. The number of ketones is 1. The van der Waals surface area contributed by atoms with Gasteiger partial charge in [-0.3, -0.25) is 9.59 Å². The smallest absolute Gasteiger partial charge is 0.251 e. The maximum atomic E-state index is 12.8. The molecule has 1 rings (SSSR count). The minimum atomic E-state index is -0.0996. The molecule has 5 heteroatoms. The van der Waals surface area contributed by atoms with E-state index in [0.717, 1.165) is 17.3 Å². The number of benzene rings is 1. The summed E-state index contributed by atoms with van der Waals surface area (Å²) in [4.78, 5) is 24.8. The number of Topliss-reactive ketones (excluding diaryl/α,β-unsaturated/α-hetero) is 1. The molecule has 1 N–H and O–H groups in total. The average Bonchev–Trinajstić information content (AvgIpc) is 2.53. The van der Waals surface area contributed by atoms with E-state index >= 15 is 0 Å². The number of amides is 1. The molecule has 0 aliphatic carbocycles. The fourth-order valence-electron chi connectivity index (χ4n) is 2.14. The lowest BCUT2D eigenvalue weighted by Crippen LogP contribution is -2.30. The van der Waals surface area contributed by atoms with Crippen LogP contribution in [0.1, 0.15) is 55.3 Å². The summed E-state index contributed by atoms with van der Waals surface area (Å²) in [7, 11) is 0. The van der Waals surface area contributed by atoms with Crippen LogP contribution in [0.3, 0.4) is 0 Å². The van der Waals surface area contributed by atoms with Crippen molar-refractivity contribution in [1.82, 2.24) is 5.32 Å². The fraction of sp³-hybridized carbons (Fsp3) is 0.579. The molecule has 1 unspecified atom stereocenters. The summed E-state index contributed by atoms with van der Waals surface area (Å²) >= 11 is 3.64. The van der Waals surface area contributed by atoms with Gasteiger partial charge in [0, 0.05) is 34.6 Å². The number of rotatable bonds is 10. The van der Waals surface area contributed by atoms with Crippen molar-refractivity contribution in [2.24, 2.45) is 5.92 Å². The number of carbonyl (C=O) groups excluding carboxylic acids is 2. The molecule has 0 saturated carbocycles. The van der Waals surface area contributed by atoms with Gasteiger partial charge < -0.3 is 5.32 Å². The van der Waals surface area contributed by atoms with Gasteiger partial charge in [0.1, 0.15) is 0 Å². The largest absolute Gasteiger partial charge is 0.350 e. The molecule has 0 heterocycles. The van der Waals surface area contributed by atoms with E-state index in [-0.39, 0.29) is 23.7 Å². The Bertz CT molecular complexity index is 527. The third-order valence-electron chi connectivity index (χ3n) is 3.38. The maximum Gasteiger partial charge on any atom is 0.251 e. The van der Waals surface area contributed by atoms with Gasteiger partial charge in [0.25, 0.3) is 5.91 Å². The van der Waals surface area contributed by atoms with Crippen LogP contribution in [0.4, 0.5) is 0 Å². The van der Waals surface area contributed by atoms with Crippen molar-refractivity contribution in [1.29, 1.82) is 0 Å². The molecule has 1 atom stereocenters. The highest BCUT2D eigenvalue weighted by molar-refractivity contribution is 8.00. The van der Waals surface area contributed by atoms with Crippen LogP contribution in [0.25, 0.3) is 0 Å². The first-order valence-electron chi connectivity index (χ1n) is 8.49. The highest BCUT2D eigenvalue weighted by Crippen LogP contribution is 2.22. The summed E-state index contributed by atoms with van der Waals surface area (Å²) in [5.74, 6) is 2.82. The van der Waals surface area contributed by atoms with Gasteiger partial charge in [0.2, 0.25) is 0 Å². The normalized spacial score (nSPS) is 12.5. The Labute approximate surface area is 154 Å². The predicted molar refractivity (Wildman–Crippen MR) is 107 cm³/mol. The lowest BCUT2D eigenvalue weighted by molar-refractivity contribution is 0.0932. The molecule has 0 spiro atoms. The van der Waals surface area contributed by atoms with Gasteiger partial charge >= 0.3 is 0 Å². The lowest BCUT2D eigenvalue weighted by atomic mass is 9.99. The Morgan fingerprint density at radius 2 is 1.58 bits per heavy atom. The maximum absolute atomic E-state index is 12.8. The molecule has 0 aromatic heterocycles. The van der Waals surface area contributed by atoms with E-state index in [1.165, 1.54) is 0 Å². The van der Waals surface area contributed by atoms with Crippen molar-refractivity contribution in [2.75, 3.05) is 17.3 Å². The summed E-state index contributed by atoms with van der Waals surface area (Å²) < 4.78 is 0. The first kappa shape index (κ1) is 21.1. The van der Waals surface area contributed by atoms with Crippen LogP contribution in [0, 0.1) is 5.92 Å². The second-order valence-electron chi connectivity index (χ2n) is 6.31. The van der Waals surface area contributed by atoms with Crippen molar-refractivity contribution < 1.29 is 9.59 Å². The second-order valence-corrected chi connectivity index (χ2v) is 9.24. The zero-order chi connectivity index (χ0) is 18.1. The summed E-state index contributed by atoms with van der Waals surface area (Å²) in [5.41, 5.74) is 1.29. The van der Waals surface area contributed by atoms with Gasteiger partial charge in [-0.2, -0.15) is 23.5 Å². The summed E-state index contributed by atoms with van der Waals surface area (Å²) in [6, 6.07) is 7.14. The number of nitrogens with one attached hydrogen (secondary N) is 1. The van der Waals surface area contributed by atoms with Crippen LogP contribution in [-0.2, 0) is 0 Å². The Hall–Kier alpha value is -0.940. The molecular formula is C19H29NO2S2. The van der Waals surface area contributed by atoms with Crippen molar-refractivity contribution in [3.63, 3.8) is 0 Å². The summed E-state index contributed by atoms with van der Waals surface area (Å²) in [5, 5.41) is 3.38. The van der Waals surface area contributed by atoms with Crippen molar-refractivity contribution in [3.8, 4) is 0 Å². The zero-order valence-electron chi connectivity index (χ0n) is 15.3. The molecule has 1 aromatic rings. The van der Waals surface area contributed by atoms with Crippen LogP contribution in [-0.4, -0.2) is 40.2 Å². The Balaban J connectivity index is 2.80. The minimum absolute atomic E-state index is 0.0256. The van der Waals surface area contributed by atoms with Crippen molar-refractivity contribution in [2.45, 2.75) is 45.9 Å². The average molecular weight is 368 g/mol. The summed E-state index contributed by atoms with van der Waals surface area (Å²) in [6.45, 7) is 10.3. The third kappa shape index (κ3) is 7.31. The van der Waals surface area contributed by atoms with Gasteiger partial charge in [-0.1, -0.05) is 32.9 Å². The fourth-order valence-corrected chi connectivity index (χ4v) is 3.96. The number of hydrogen-bond acceptors (Lipinski definition) is 4. The second kappa shape index (κ2) is 10.8. The van der Waals surface area contributed by atoms with Crippen LogP contribution < -0.4 is 5.32 Å². The Kier molecular flexibility index (Phi) is 9.52. The van der Waals surface area contributed by atoms with Crippen LogP contribution in [0.2, 0.25) is 0 Å². The van der Waals surface area contributed by atoms with E-state index in [2.05, 4.69) is 26.1 Å². The predicted octanol–water partition coefficient (Wildman–Crippen LogP) is 4.52. The molecule has 1 amide bonds. The monoisotopic (exact) mass is 367 g/mol. The van der Waals surface area contributed by atoms with Crippen molar-refractivity contribution in [3.05, 3.63) is 35.4 Å². The number of hydrogen-bond donors (Lipinski definition) is 1. The van der Waals surface area contributed by atoms with E-state index in [1.54, 1.807) is 24.3 Å². The first-order chi connectivity index (χ1) is 11.3. The standard InChI is InChI=1S/C19H29NO2S2/c1-6-23-11-17(12-24-14(4)5)18(21)15-7-9-16(10-8-15)19(22)20-13(2)3/h7-10,13-14,17H,6,11-12H2,1-5H3,(H,20,22). The van der Waals surface area contributed by atoms with Gasteiger partial charge in [-0.15, -0.1) is 0 Å². The molecular weight excluding hydrogens is 338 g/mol. The molecule has 0 radical (unpaired) electrons.